The topological polar surface area (TPSA) is 52.8 Å². The first-order valence-electron chi connectivity index (χ1n) is 8.47. The Labute approximate surface area is 147 Å². The van der Waals surface area contributed by atoms with Crippen molar-refractivity contribution in [2.45, 2.75) is 31.2 Å². The van der Waals surface area contributed by atoms with Gasteiger partial charge in [0.1, 0.15) is 16.7 Å². The van der Waals surface area contributed by atoms with E-state index in [-0.39, 0.29) is 0 Å². The Hall–Kier alpha value is -1.90. The molecule has 1 saturated heterocycles. The van der Waals surface area contributed by atoms with Gasteiger partial charge in [0.2, 0.25) is 0 Å². The van der Waals surface area contributed by atoms with Crippen molar-refractivity contribution < 1.29 is 0 Å². The summed E-state index contributed by atoms with van der Waals surface area (Å²) < 4.78 is 0. The number of nitrogens with zero attached hydrogens (tertiary/aromatic N) is 4. The lowest BCUT2D eigenvalue weighted by Crippen LogP contribution is -2.31. The quantitative estimate of drug-likeness (QED) is 0.611. The highest BCUT2D eigenvalue weighted by atomic mass is 32.2. The molecule has 0 aliphatic carbocycles. The predicted octanol–water partition coefficient (Wildman–Crippen LogP) is 3.90. The number of rotatable bonds is 5. The Morgan fingerprint density at radius 3 is 2.58 bits per heavy atom. The molecule has 124 valence electrons. The third-order valence-electron chi connectivity index (χ3n) is 4.30. The van der Waals surface area contributed by atoms with E-state index in [9.17, 15) is 5.26 Å². The van der Waals surface area contributed by atoms with Crippen molar-refractivity contribution in [3.63, 3.8) is 0 Å². The second-order valence-corrected chi connectivity index (χ2v) is 7.12. The average Bonchev–Trinajstić information content (AvgIpc) is 2.63. The lowest BCUT2D eigenvalue weighted by molar-refractivity contribution is 0.242. The van der Waals surface area contributed by atoms with Crippen LogP contribution in [0.25, 0.3) is 11.4 Å². The van der Waals surface area contributed by atoms with Crippen LogP contribution in [-0.4, -0.2) is 40.3 Å². The predicted molar refractivity (Wildman–Crippen MR) is 97.9 cm³/mol. The maximum absolute atomic E-state index is 9.46. The van der Waals surface area contributed by atoms with Crippen molar-refractivity contribution in [3.05, 3.63) is 41.6 Å². The van der Waals surface area contributed by atoms with Crippen molar-refractivity contribution in [1.82, 2.24) is 14.9 Å². The van der Waals surface area contributed by atoms with Gasteiger partial charge in [-0.1, -0.05) is 36.8 Å². The fourth-order valence-electron chi connectivity index (χ4n) is 2.95. The van der Waals surface area contributed by atoms with Gasteiger partial charge in [0.05, 0.1) is 5.69 Å². The van der Waals surface area contributed by atoms with Crippen LogP contribution in [0, 0.1) is 18.3 Å². The second-order valence-electron chi connectivity index (χ2n) is 6.04. The van der Waals surface area contributed by atoms with Gasteiger partial charge in [0, 0.05) is 17.9 Å². The Balaban J connectivity index is 1.75. The first-order valence-corrected chi connectivity index (χ1v) is 9.46. The molecular weight excluding hydrogens is 316 g/mol. The van der Waals surface area contributed by atoms with Gasteiger partial charge < -0.3 is 4.90 Å². The van der Waals surface area contributed by atoms with Crippen molar-refractivity contribution in [3.8, 4) is 17.5 Å². The molecule has 0 amide bonds. The van der Waals surface area contributed by atoms with E-state index in [0.29, 0.717) is 11.4 Å². The first kappa shape index (κ1) is 16.9. The third-order valence-corrected chi connectivity index (χ3v) is 5.25. The fraction of sp³-hybridized carbons (Fsp3) is 0.421. The number of benzene rings is 1. The highest BCUT2D eigenvalue weighted by molar-refractivity contribution is 7.99. The summed E-state index contributed by atoms with van der Waals surface area (Å²) >= 11 is 1.67. The maximum atomic E-state index is 9.46. The summed E-state index contributed by atoms with van der Waals surface area (Å²) in [4.78, 5) is 11.7. The molecule has 4 nitrogen and oxygen atoms in total. The fourth-order valence-corrected chi connectivity index (χ4v) is 3.98. The van der Waals surface area contributed by atoms with Crippen molar-refractivity contribution in [1.29, 1.82) is 5.26 Å². The number of hydrogen-bond donors (Lipinski definition) is 0. The summed E-state index contributed by atoms with van der Waals surface area (Å²) in [5.41, 5.74) is 2.35. The summed E-state index contributed by atoms with van der Waals surface area (Å²) in [7, 11) is 0. The molecule has 5 heteroatoms. The molecule has 0 bridgehead atoms. The monoisotopic (exact) mass is 338 g/mol. The van der Waals surface area contributed by atoms with E-state index in [2.05, 4.69) is 20.9 Å². The highest BCUT2D eigenvalue weighted by Gasteiger charge is 2.14. The lowest BCUT2D eigenvalue weighted by atomic mass is 10.1. The van der Waals surface area contributed by atoms with Gasteiger partial charge in [0.15, 0.2) is 5.82 Å². The van der Waals surface area contributed by atoms with Gasteiger partial charge >= 0.3 is 0 Å². The molecular formula is C19H22N4S. The maximum Gasteiger partial charge on any atom is 0.160 e. The molecule has 0 radical (unpaired) electrons. The lowest BCUT2D eigenvalue weighted by Gasteiger charge is -2.26. The summed E-state index contributed by atoms with van der Waals surface area (Å²) in [6, 6.07) is 12.2. The van der Waals surface area contributed by atoms with Gasteiger partial charge in [-0.2, -0.15) is 5.26 Å². The molecule has 0 saturated carbocycles. The van der Waals surface area contributed by atoms with Crippen LogP contribution in [0.4, 0.5) is 0 Å². The SMILES string of the molecule is Cc1nc(-c2ccccc2)nc(SCCN2CCCCC2)c1C#N. The molecule has 0 unspecified atom stereocenters. The third kappa shape index (κ3) is 4.14. The molecule has 2 heterocycles. The van der Waals surface area contributed by atoms with E-state index >= 15 is 0 Å². The van der Waals surface area contributed by atoms with Crippen LogP contribution in [0.3, 0.4) is 0 Å². The van der Waals surface area contributed by atoms with Gasteiger partial charge in [-0.3, -0.25) is 0 Å². The average molecular weight is 338 g/mol. The van der Waals surface area contributed by atoms with Gasteiger partial charge in [-0.25, -0.2) is 9.97 Å². The van der Waals surface area contributed by atoms with Crippen LogP contribution in [0.5, 0.6) is 0 Å². The minimum atomic E-state index is 0.610. The number of piperidine rings is 1. The van der Waals surface area contributed by atoms with Gasteiger partial charge in [-0.15, -0.1) is 11.8 Å². The van der Waals surface area contributed by atoms with Crippen LogP contribution >= 0.6 is 11.8 Å². The minimum absolute atomic E-state index is 0.610. The number of aryl methyl sites for hydroxylation is 1. The van der Waals surface area contributed by atoms with E-state index < -0.39 is 0 Å². The first-order chi connectivity index (χ1) is 11.8. The zero-order chi connectivity index (χ0) is 16.8. The van der Waals surface area contributed by atoms with Crippen LogP contribution in [0.15, 0.2) is 35.4 Å². The molecule has 0 atom stereocenters. The molecule has 1 fully saturated rings. The Bertz CT molecular complexity index is 718. The van der Waals surface area contributed by atoms with Gasteiger partial charge in [-0.05, 0) is 32.9 Å². The molecule has 1 aromatic carbocycles. The molecule has 0 N–H and O–H groups in total. The normalized spacial score (nSPS) is 15.2. The minimum Gasteiger partial charge on any atom is -0.303 e. The Morgan fingerprint density at radius 1 is 1.12 bits per heavy atom. The summed E-state index contributed by atoms with van der Waals surface area (Å²) in [6.45, 7) is 5.34. The summed E-state index contributed by atoms with van der Waals surface area (Å²) in [5.74, 6) is 1.66. The molecule has 24 heavy (non-hydrogen) atoms. The summed E-state index contributed by atoms with van der Waals surface area (Å²) in [6.07, 6.45) is 3.96. The number of hydrogen-bond acceptors (Lipinski definition) is 5. The van der Waals surface area contributed by atoms with Gasteiger partial charge in [0.25, 0.3) is 0 Å². The molecule has 1 aromatic heterocycles. The molecule has 1 aliphatic rings. The highest BCUT2D eigenvalue weighted by Crippen LogP contribution is 2.26. The van der Waals surface area contributed by atoms with E-state index in [1.165, 1.54) is 32.4 Å². The largest absolute Gasteiger partial charge is 0.303 e. The Kier molecular flexibility index (Phi) is 5.84. The van der Waals surface area contributed by atoms with Crippen molar-refractivity contribution in [2.75, 3.05) is 25.4 Å². The van der Waals surface area contributed by atoms with E-state index in [1.54, 1.807) is 11.8 Å². The van der Waals surface area contributed by atoms with E-state index in [0.717, 1.165) is 28.6 Å². The molecule has 1 aliphatic heterocycles. The van der Waals surface area contributed by atoms with Crippen molar-refractivity contribution >= 4 is 11.8 Å². The smallest absolute Gasteiger partial charge is 0.160 e. The number of thioether (sulfide) groups is 1. The second kappa shape index (κ2) is 8.27. The number of likely N-dealkylation sites (tertiary alicyclic amines) is 1. The van der Waals surface area contributed by atoms with E-state index in [1.807, 2.05) is 37.3 Å². The summed E-state index contributed by atoms with van der Waals surface area (Å²) in [5, 5.41) is 10.3. The standard InChI is InChI=1S/C19H22N4S/c1-15-17(14-20)19(24-13-12-23-10-6-3-7-11-23)22-18(21-15)16-8-4-2-5-9-16/h2,4-5,8-9H,3,6-7,10-13H2,1H3. The number of nitriles is 1. The van der Waals surface area contributed by atoms with Crippen LogP contribution in [-0.2, 0) is 0 Å². The zero-order valence-electron chi connectivity index (χ0n) is 14.0. The molecule has 3 rings (SSSR count). The van der Waals surface area contributed by atoms with Crippen molar-refractivity contribution in [2.24, 2.45) is 0 Å². The molecule has 2 aromatic rings. The van der Waals surface area contributed by atoms with E-state index in [4.69, 9.17) is 0 Å². The number of aromatic nitrogens is 2. The van der Waals surface area contributed by atoms with Crippen LogP contribution in [0.2, 0.25) is 0 Å². The van der Waals surface area contributed by atoms with Crippen LogP contribution < -0.4 is 0 Å². The van der Waals surface area contributed by atoms with Crippen LogP contribution in [0.1, 0.15) is 30.5 Å². The zero-order valence-corrected chi connectivity index (χ0v) is 14.9. The molecule has 0 spiro atoms. The Morgan fingerprint density at radius 2 is 1.88 bits per heavy atom.